The minimum atomic E-state index is -0.226. The van der Waals surface area contributed by atoms with Gasteiger partial charge in [0.05, 0.1) is 33.3 Å². The number of carbonyl (C=O) groups is 1. The molecule has 0 radical (unpaired) electrons. The third kappa shape index (κ3) is 5.24. The number of piperazine rings is 1. The van der Waals surface area contributed by atoms with Gasteiger partial charge in [-0.1, -0.05) is 46.9 Å². The van der Waals surface area contributed by atoms with E-state index >= 15 is 0 Å². The van der Waals surface area contributed by atoms with Crippen molar-refractivity contribution >= 4 is 57.4 Å². The summed E-state index contributed by atoms with van der Waals surface area (Å²) in [6, 6.07) is 19.0. The maximum atomic E-state index is 13.6. The van der Waals surface area contributed by atoms with Gasteiger partial charge in [-0.2, -0.15) is 0 Å². The van der Waals surface area contributed by atoms with Crippen LogP contribution < -0.4 is 10.9 Å². The Morgan fingerprint density at radius 2 is 1.71 bits per heavy atom. The van der Waals surface area contributed by atoms with Crippen LogP contribution in [0.4, 0.5) is 10.5 Å². The van der Waals surface area contributed by atoms with E-state index in [9.17, 15) is 9.59 Å². The number of urea groups is 1. The van der Waals surface area contributed by atoms with Crippen LogP contribution in [0.1, 0.15) is 25.7 Å². The highest BCUT2D eigenvalue weighted by molar-refractivity contribution is 6.36. The second kappa shape index (κ2) is 10.9. The number of hydrogen-bond acceptors (Lipinski definition) is 4. The van der Waals surface area contributed by atoms with Gasteiger partial charge in [0, 0.05) is 35.7 Å². The fraction of sp³-hybridized carbons (Fsp3) is 0.250. The summed E-state index contributed by atoms with van der Waals surface area (Å²) in [6.07, 6.45) is 0. The molecular formula is C28H26Cl3N5O2. The number of amides is 2. The average Bonchev–Trinajstić information content (AvgIpc) is 2.90. The first kappa shape index (κ1) is 26.5. The normalized spacial score (nSPS) is 17.0. The van der Waals surface area contributed by atoms with E-state index in [0.717, 1.165) is 0 Å². The Bertz CT molecular complexity index is 1560. The Labute approximate surface area is 235 Å². The number of fused-ring (bicyclic) bond motifs is 1. The van der Waals surface area contributed by atoms with Crippen LogP contribution >= 0.6 is 34.8 Å². The highest BCUT2D eigenvalue weighted by Gasteiger charge is 2.32. The number of hydrogen-bond donors (Lipinski definition) is 1. The lowest BCUT2D eigenvalue weighted by molar-refractivity contribution is 0.0801. The van der Waals surface area contributed by atoms with Crippen LogP contribution in [0.5, 0.6) is 0 Å². The fourth-order valence-corrected chi connectivity index (χ4v) is 5.43. The summed E-state index contributed by atoms with van der Waals surface area (Å²) in [7, 11) is 0. The molecule has 38 heavy (non-hydrogen) atoms. The molecule has 2 atom stereocenters. The predicted octanol–water partition coefficient (Wildman–Crippen LogP) is 6.65. The van der Waals surface area contributed by atoms with Crippen molar-refractivity contribution in [2.45, 2.75) is 25.9 Å². The van der Waals surface area contributed by atoms with Crippen molar-refractivity contribution in [3.8, 4) is 5.69 Å². The maximum Gasteiger partial charge on any atom is 0.322 e. The summed E-state index contributed by atoms with van der Waals surface area (Å²) in [5, 5.41) is 4.91. The monoisotopic (exact) mass is 569 g/mol. The lowest BCUT2D eigenvalue weighted by Crippen LogP contribution is -2.55. The Morgan fingerprint density at radius 3 is 2.42 bits per heavy atom. The van der Waals surface area contributed by atoms with E-state index < -0.39 is 0 Å². The molecule has 1 N–H and O–H groups in total. The van der Waals surface area contributed by atoms with Gasteiger partial charge in [0.1, 0.15) is 5.82 Å². The Morgan fingerprint density at radius 1 is 1.00 bits per heavy atom. The van der Waals surface area contributed by atoms with Crippen molar-refractivity contribution in [1.29, 1.82) is 0 Å². The summed E-state index contributed by atoms with van der Waals surface area (Å²) in [5.41, 5.74) is 1.72. The van der Waals surface area contributed by atoms with Crippen LogP contribution in [0.15, 0.2) is 71.5 Å². The average molecular weight is 571 g/mol. The van der Waals surface area contributed by atoms with Crippen LogP contribution in [0.25, 0.3) is 16.6 Å². The van der Waals surface area contributed by atoms with Gasteiger partial charge in [-0.05, 0) is 68.4 Å². The second-order valence-corrected chi connectivity index (χ2v) is 10.7. The number of anilines is 1. The molecule has 2 unspecified atom stereocenters. The standard InChI is InChI=1S/C28H26Cl3N5O2/c1-17-16-34(13-14-35(17)28(38)33-25-12-9-20(30)15-23(25)31)18(2)26-32-24-6-4-3-5-22(24)27(37)36(26)21-10-7-19(29)8-11-21/h3-12,15,17-18H,13-14,16H2,1-2H3,(H,33,38). The van der Waals surface area contributed by atoms with Crippen molar-refractivity contribution in [1.82, 2.24) is 19.4 Å². The number of aromatic nitrogens is 2. The smallest absolute Gasteiger partial charge is 0.319 e. The van der Waals surface area contributed by atoms with Crippen molar-refractivity contribution < 1.29 is 4.79 Å². The van der Waals surface area contributed by atoms with Crippen molar-refractivity contribution in [2.24, 2.45) is 0 Å². The minimum absolute atomic E-state index is 0.0894. The third-order valence-electron chi connectivity index (χ3n) is 6.90. The first-order chi connectivity index (χ1) is 18.2. The lowest BCUT2D eigenvalue weighted by atomic mass is 10.1. The van der Waals surface area contributed by atoms with Gasteiger partial charge in [0.2, 0.25) is 0 Å². The van der Waals surface area contributed by atoms with Gasteiger partial charge in [-0.25, -0.2) is 9.78 Å². The molecule has 2 heterocycles. The van der Waals surface area contributed by atoms with Gasteiger partial charge in [0.25, 0.3) is 5.56 Å². The molecule has 0 bridgehead atoms. The predicted molar refractivity (Wildman–Crippen MR) is 154 cm³/mol. The SMILES string of the molecule is CC(c1nc2ccccc2c(=O)n1-c1ccc(Cl)cc1)N1CCN(C(=O)Nc2ccc(Cl)cc2Cl)C(C)C1. The molecule has 5 rings (SSSR count). The topological polar surface area (TPSA) is 70.5 Å². The van der Waals surface area contributed by atoms with Crippen LogP contribution in [-0.2, 0) is 0 Å². The molecule has 1 aliphatic rings. The number of halogens is 3. The van der Waals surface area contributed by atoms with E-state index in [1.807, 2.05) is 44.2 Å². The molecule has 4 aromatic rings. The lowest BCUT2D eigenvalue weighted by Gasteiger charge is -2.42. The molecule has 7 nitrogen and oxygen atoms in total. The number of nitrogens with one attached hydrogen (secondary N) is 1. The van der Waals surface area contributed by atoms with Crippen molar-refractivity contribution in [3.63, 3.8) is 0 Å². The molecule has 10 heteroatoms. The molecule has 1 saturated heterocycles. The summed E-state index contributed by atoms with van der Waals surface area (Å²) in [4.78, 5) is 35.7. The van der Waals surface area contributed by atoms with Crippen LogP contribution in [0.3, 0.4) is 0 Å². The molecule has 0 spiro atoms. The second-order valence-electron chi connectivity index (χ2n) is 9.37. The van der Waals surface area contributed by atoms with Crippen molar-refractivity contribution in [3.05, 3.63) is 98.0 Å². The molecule has 3 aromatic carbocycles. The van der Waals surface area contributed by atoms with Crippen molar-refractivity contribution in [2.75, 3.05) is 25.0 Å². The molecular weight excluding hydrogens is 545 g/mol. The highest BCUT2D eigenvalue weighted by atomic mass is 35.5. The zero-order valence-electron chi connectivity index (χ0n) is 20.9. The number of para-hydroxylation sites is 1. The molecule has 1 fully saturated rings. The van der Waals surface area contributed by atoms with Gasteiger partial charge >= 0.3 is 6.03 Å². The Hall–Kier alpha value is -3.10. The van der Waals surface area contributed by atoms with E-state index in [1.165, 1.54) is 0 Å². The first-order valence-electron chi connectivity index (χ1n) is 12.3. The van der Waals surface area contributed by atoms with Crippen LogP contribution in [0, 0.1) is 0 Å². The third-order valence-corrected chi connectivity index (χ3v) is 7.70. The summed E-state index contributed by atoms with van der Waals surface area (Å²) >= 11 is 18.3. The van der Waals surface area contributed by atoms with Gasteiger partial charge < -0.3 is 10.2 Å². The van der Waals surface area contributed by atoms with E-state index in [0.29, 0.717) is 62.8 Å². The largest absolute Gasteiger partial charge is 0.322 e. The van der Waals surface area contributed by atoms with E-state index in [2.05, 4.69) is 10.2 Å². The van der Waals surface area contributed by atoms with E-state index in [-0.39, 0.29) is 23.7 Å². The first-order valence-corrected chi connectivity index (χ1v) is 13.4. The maximum absolute atomic E-state index is 13.6. The van der Waals surface area contributed by atoms with Gasteiger partial charge in [-0.15, -0.1) is 0 Å². The Kier molecular flexibility index (Phi) is 7.63. The number of carbonyl (C=O) groups excluding carboxylic acids is 1. The summed E-state index contributed by atoms with van der Waals surface area (Å²) in [5.74, 6) is 0.633. The van der Waals surface area contributed by atoms with E-state index in [1.54, 1.807) is 45.9 Å². The zero-order valence-corrected chi connectivity index (χ0v) is 23.1. The molecule has 196 valence electrons. The summed E-state index contributed by atoms with van der Waals surface area (Å²) < 4.78 is 1.66. The minimum Gasteiger partial charge on any atom is -0.319 e. The fourth-order valence-electron chi connectivity index (χ4n) is 4.85. The molecule has 0 saturated carbocycles. The summed E-state index contributed by atoms with van der Waals surface area (Å²) in [6.45, 7) is 5.76. The quantitative estimate of drug-likeness (QED) is 0.298. The number of benzene rings is 3. The van der Waals surface area contributed by atoms with Crippen LogP contribution in [-0.4, -0.2) is 51.1 Å². The number of rotatable bonds is 4. The van der Waals surface area contributed by atoms with Gasteiger partial charge in [-0.3, -0.25) is 14.3 Å². The highest BCUT2D eigenvalue weighted by Crippen LogP contribution is 2.28. The van der Waals surface area contributed by atoms with E-state index in [4.69, 9.17) is 39.8 Å². The molecule has 1 aliphatic heterocycles. The zero-order chi connectivity index (χ0) is 27.0. The van der Waals surface area contributed by atoms with Crippen LogP contribution in [0.2, 0.25) is 15.1 Å². The van der Waals surface area contributed by atoms with Gasteiger partial charge in [0.15, 0.2) is 0 Å². The molecule has 1 aromatic heterocycles. The molecule has 2 amide bonds. The Balaban J connectivity index is 1.41. The number of nitrogens with zero attached hydrogens (tertiary/aromatic N) is 4. The molecule has 0 aliphatic carbocycles.